The van der Waals surface area contributed by atoms with Crippen molar-refractivity contribution in [1.82, 2.24) is 4.90 Å². The van der Waals surface area contributed by atoms with E-state index in [0.29, 0.717) is 17.8 Å². The molecule has 2 heteroatoms. The Kier molecular flexibility index (Phi) is 5.96. The number of hydrogen-bond acceptors (Lipinski definition) is 2. The smallest absolute Gasteiger partial charge is 0.123 e. The fourth-order valence-corrected chi connectivity index (χ4v) is 2.98. The van der Waals surface area contributed by atoms with E-state index < -0.39 is 0 Å². The van der Waals surface area contributed by atoms with Gasteiger partial charge in [-0.25, -0.2) is 0 Å². The van der Waals surface area contributed by atoms with Gasteiger partial charge in [0.05, 0.1) is 0 Å². The average molecular weight is 320 g/mol. The van der Waals surface area contributed by atoms with Gasteiger partial charge in [0.2, 0.25) is 0 Å². The number of phenols is 1. The Labute approximate surface area is 143 Å². The molecule has 1 aromatic rings. The molecule has 0 unspecified atom stereocenters. The van der Waals surface area contributed by atoms with E-state index in [0.717, 1.165) is 17.7 Å². The number of hydrogen-bond donors (Lipinski definition) is 1. The lowest BCUT2D eigenvalue weighted by atomic mass is 9.79. The zero-order valence-corrected chi connectivity index (χ0v) is 16.9. The van der Waals surface area contributed by atoms with Crippen molar-refractivity contribution in [2.45, 2.75) is 98.7 Å². The molecule has 1 aromatic carbocycles. The topological polar surface area (TPSA) is 23.5 Å². The summed E-state index contributed by atoms with van der Waals surface area (Å²) in [4.78, 5) is 2.42. The lowest BCUT2D eigenvalue weighted by Crippen LogP contribution is -2.36. The third-order valence-corrected chi connectivity index (χ3v) is 4.54. The van der Waals surface area contributed by atoms with Crippen LogP contribution in [0, 0.1) is 0 Å². The zero-order chi connectivity index (χ0) is 18.2. The Morgan fingerprint density at radius 2 is 1.35 bits per heavy atom. The number of rotatable bonds is 4. The molecule has 0 saturated carbocycles. The Morgan fingerprint density at radius 1 is 0.870 bits per heavy atom. The van der Waals surface area contributed by atoms with Crippen molar-refractivity contribution in [3.63, 3.8) is 0 Å². The molecule has 0 aliphatic rings. The van der Waals surface area contributed by atoms with Crippen molar-refractivity contribution >= 4 is 0 Å². The van der Waals surface area contributed by atoms with Gasteiger partial charge in [-0.15, -0.1) is 0 Å². The summed E-state index contributed by atoms with van der Waals surface area (Å²) >= 11 is 0. The Morgan fingerprint density at radius 3 is 1.70 bits per heavy atom. The molecule has 1 N–H and O–H groups in total. The fourth-order valence-electron chi connectivity index (χ4n) is 2.98. The van der Waals surface area contributed by atoms with E-state index in [1.54, 1.807) is 0 Å². The summed E-state index contributed by atoms with van der Waals surface area (Å²) < 4.78 is 0. The van der Waals surface area contributed by atoms with Crippen LogP contribution in [0.5, 0.6) is 5.75 Å². The van der Waals surface area contributed by atoms with Crippen LogP contribution in [0.1, 0.15) is 85.9 Å². The standard InChI is InChI=1S/C21H37NO/c1-14(2)22(15(3)4)13-16-11-17(20(5,6)7)12-18(19(16)23)21(8,9)10/h11-12,14-15,23H,13H2,1-10H3. The highest BCUT2D eigenvalue weighted by atomic mass is 16.3. The van der Waals surface area contributed by atoms with Crippen molar-refractivity contribution in [1.29, 1.82) is 0 Å². The molecule has 0 aliphatic heterocycles. The second kappa shape index (κ2) is 6.84. The number of phenolic OH excluding ortho intramolecular Hbond substituents is 1. The van der Waals surface area contributed by atoms with E-state index >= 15 is 0 Å². The summed E-state index contributed by atoms with van der Waals surface area (Å²) in [5.41, 5.74) is 3.39. The number of aromatic hydroxyl groups is 1. The van der Waals surface area contributed by atoms with Gasteiger partial charge in [-0.1, -0.05) is 53.7 Å². The summed E-state index contributed by atoms with van der Waals surface area (Å²) in [6.07, 6.45) is 0. The molecule has 0 bridgehead atoms. The highest BCUT2D eigenvalue weighted by Gasteiger charge is 2.26. The molecule has 0 radical (unpaired) electrons. The van der Waals surface area contributed by atoms with Gasteiger partial charge < -0.3 is 5.11 Å². The first-order chi connectivity index (χ1) is 10.2. The van der Waals surface area contributed by atoms with E-state index in [-0.39, 0.29) is 10.8 Å². The van der Waals surface area contributed by atoms with Gasteiger partial charge in [-0.3, -0.25) is 4.90 Å². The first kappa shape index (κ1) is 20.0. The van der Waals surface area contributed by atoms with Gasteiger partial charge in [-0.05, 0) is 49.7 Å². The molecule has 0 aromatic heterocycles. The van der Waals surface area contributed by atoms with Crippen molar-refractivity contribution in [2.24, 2.45) is 0 Å². The largest absolute Gasteiger partial charge is 0.507 e. The number of nitrogens with zero attached hydrogens (tertiary/aromatic N) is 1. The summed E-state index contributed by atoms with van der Waals surface area (Å²) in [5.74, 6) is 0.469. The van der Waals surface area contributed by atoms with Gasteiger partial charge in [-0.2, -0.15) is 0 Å². The molecular weight excluding hydrogens is 282 g/mol. The van der Waals surface area contributed by atoms with Crippen molar-refractivity contribution < 1.29 is 5.11 Å². The normalized spacial score (nSPS) is 13.4. The van der Waals surface area contributed by atoms with Crippen LogP contribution in [0.3, 0.4) is 0 Å². The van der Waals surface area contributed by atoms with Crippen LogP contribution in [-0.4, -0.2) is 22.1 Å². The third-order valence-electron chi connectivity index (χ3n) is 4.54. The molecule has 0 aliphatic carbocycles. The molecule has 2 nitrogen and oxygen atoms in total. The van der Waals surface area contributed by atoms with Crippen LogP contribution >= 0.6 is 0 Å². The molecule has 0 atom stereocenters. The van der Waals surface area contributed by atoms with E-state index in [1.807, 2.05) is 0 Å². The zero-order valence-electron chi connectivity index (χ0n) is 16.9. The highest BCUT2D eigenvalue weighted by molar-refractivity contribution is 5.48. The second-order valence-electron chi connectivity index (χ2n) is 9.39. The molecular formula is C21H37NO. The maximum atomic E-state index is 10.9. The van der Waals surface area contributed by atoms with Crippen molar-refractivity contribution in [2.75, 3.05) is 0 Å². The lowest BCUT2D eigenvalue weighted by molar-refractivity contribution is 0.164. The summed E-state index contributed by atoms with van der Waals surface area (Å²) in [6, 6.07) is 5.28. The SMILES string of the molecule is CC(C)N(Cc1cc(C(C)(C)C)cc(C(C)(C)C)c1O)C(C)C. The van der Waals surface area contributed by atoms with E-state index in [4.69, 9.17) is 0 Å². The minimum absolute atomic E-state index is 0.0689. The first-order valence-corrected chi connectivity index (χ1v) is 8.87. The van der Waals surface area contributed by atoms with Gasteiger partial charge >= 0.3 is 0 Å². The first-order valence-electron chi connectivity index (χ1n) is 8.87. The van der Waals surface area contributed by atoms with Crippen molar-refractivity contribution in [3.8, 4) is 5.75 Å². The fraction of sp³-hybridized carbons (Fsp3) is 0.714. The Bertz CT molecular complexity index is 522. The third kappa shape index (κ3) is 4.97. The van der Waals surface area contributed by atoms with E-state index in [2.05, 4.69) is 86.3 Å². The highest BCUT2D eigenvalue weighted by Crippen LogP contribution is 2.38. The quantitative estimate of drug-likeness (QED) is 0.780. The summed E-state index contributed by atoms with van der Waals surface area (Å²) in [6.45, 7) is 22.9. The summed E-state index contributed by atoms with van der Waals surface area (Å²) in [5, 5.41) is 10.9. The van der Waals surface area contributed by atoms with Gasteiger partial charge in [0.15, 0.2) is 0 Å². The Hall–Kier alpha value is -1.02. The monoisotopic (exact) mass is 319 g/mol. The van der Waals surface area contributed by atoms with Gasteiger partial charge in [0.25, 0.3) is 0 Å². The molecule has 0 fully saturated rings. The predicted molar refractivity (Wildman–Crippen MR) is 101 cm³/mol. The van der Waals surface area contributed by atoms with E-state index in [1.165, 1.54) is 5.56 Å². The molecule has 1 rings (SSSR count). The molecule has 0 amide bonds. The van der Waals surface area contributed by atoms with Crippen LogP contribution in [0.25, 0.3) is 0 Å². The molecule has 0 heterocycles. The minimum Gasteiger partial charge on any atom is -0.507 e. The van der Waals surface area contributed by atoms with Crippen LogP contribution < -0.4 is 0 Å². The van der Waals surface area contributed by atoms with Crippen LogP contribution in [0.2, 0.25) is 0 Å². The van der Waals surface area contributed by atoms with Gasteiger partial charge in [0.1, 0.15) is 5.75 Å². The minimum atomic E-state index is -0.0689. The molecule has 0 spiro atoms. The molecule has 0 saturated heterocycles. The van der Waals surface area contributed by atoms with Crippen LogP contribution in [0.4, 0.5) is 0 Å². The maximum Gasteiger partial charge on any atom is 0.123 e. The summed E-state index contributed by atoms with van der Waals surface area (Å²) in [7, 11) is 0. The van der Waals surface area contributed by atoms with Crippen molar-refractivity contribution in [3.05, 3.63) is 28.8 Å². The van der Waals surface area contributed by atoms with Gasteiger partial charge in [0, 0.05) is 24.2 Å². The predicted octanol–water partition coefficient (Wildman–Crippen LogP) is 5.61. The molecule has 23 heavy (non-hydrogen) atoms. The maximum absolute atomic E-state index is 10.9. The van der Waals surface area contributed by atoms with E-state index in [9.17, 15) is 5.11 Å². The lowest BCUT2D eigenvalue weighted by Gasteiger charge is -2.33. The Balaban J connectivity index is 3.46. The molecule has 132 valence electrons. The number of benzene rings is 1. The van der Waals surface area contributed by atoms with Crippen LogP contribution in [0.15, 0.2) is 12.1 Å². The second-order valence-corrected chi connectivity index (χ2v) is 9.39. The van der Waals surface area contributed by atoms with Crippen LogP contribution in [-0.2, 0) is 17.4 Å². The average Bonchev–Trinajstić information content (AvgIpc) is 2.33.